The lowest BCUT2D eigenvalue weighted by Crippen LogP contribution is -2.20. The smallest absolute Gasteiger partial charge is 0.263 e. The highest BCUT2D eigenvalue weighted by molar-refractivity contribution is 6.02. The van der Waals surface area contributed by atoms with Crippen LogP contribution in [0.25, 0.3) is 16.5 Å². The summed E-state index contributed by atoms with van der Waals surface area (Å²) in [6.45, 7) is 3.52. The Hall–Kier alpha value is -3.80. The van der Waals surface area contributed by atoms with Gasteiger partial charge in [0, 0.05) is 28.9 Å². The molecule has 2 aromatic carbocycles. The van der Waals surface area contributed by atoms with Gasteiger partial charge in [0.25, 0.3) is 5.56 Å². The second-order valence-corrected chi connectivity index (χ2v) is 7.17. The normalized spacial score (nSPS) is 10.9. The highest BCUT2D eigenvalue weighted by atomic mass is 19.1. The van der Waals surface area contributed by atoms with Crippen LogP contribution < -0.4 is 10.9 Å². The first-order valence-corrected chi connectivity index (χ1v) is 9.55. The van der Waals surface area contributed by atoms with Crippen LogP contribution in [-0.4, -0.2) is 15.5 Å². The third kappa shape index (κ3) is 3.72. The Balaban J connectivity index is 1.66. The van der Waals surface area contributed by atoms with E-state index in [1.54, 1.807) is 66.3 Å². The summed E-state index contributed by atoms with van der Waals surface area (Å²) < 4.78 is 15.3. The van der Waals surface area contributed by atoms with Crippen molar-refractivity contribution in [3.8, 4) is 5.69 Å². The molecule has 0 saturated heterocycles. The van der Waals surface area contributed by atoms with Gasteiger partial charge in [0.15, 0.2) is 0 Å². The predicted molar refractivity (Wildman–Crippen MR) is 116 cm³/mol. The average molecular weight is 401 g/mol. The zero-order valence-electron chi connectivity index (χ0n) is 16.6. The van der Waals surface area contributed by atoms with Gasteiger partial charge in [-0.25, -0.2) is 4.39 Å². The molecule has 30 heavy (non-hydrogen) atoms. The van der Waals surface area contributed by atoms with Crippen LogP contribution in [0.3, 0.4) is 0 Å². The maximum atomic E-state index is 13.7. The van der Waals surface area contributed by atoms with E-state index in [2.05, 4.69) is 10.3 Å². The number of aryl methyl sites for hydroxylation is 2. The van der Waals surface area contributed by atoms with Crippen LogP contribution in [0.2, 0.25) is 0 Å². The third-order valence-corrected chi connectivity index (χ3v) is 5.06. The standard InChI is InChI=1S/C24H20FN3O2/c1-15-8-9-17(13-20(15)25)14-23(29)27-21-6-3-5-19-18(21)10-12-28(24(19)30)22-7-4-11-26-16(22)2/h3-13H,14H2,1-2H3,(H,27,29). The van der Waals surface area contributed by atoms with Crippen LogP contribution in [0, 0.1) is 19.7 Å². The number of anilines is 1. The van der Waals surface area contributed by atoms with Crippen LogP contribution in [0.4, 0.5) is 10.1 Å². The van der Waals surface area contributed by atoms with Gasteiger partial charge in [-0.05, 0) is 61.4 Å². The monoisotopic (exact) mass is 401 g/mol. The Kier molecular flexibility index (Phi) is 5.14. The van der Waals surface area contributed by atoms with Gasteiger partial charge in [-0.2, -0.15) is 0 Å². The van der Waals surface area contributed by atoms with Crippen LogP contribution in [0.5, 0.6) is 0 Å². The molecule has 5 nitrogen and oxygen atoms in total. The highest BCUT2D eigenvalue weighted by Crippen LogP contribution is 2.22. The van der Waals surface area contributed by atoms with Crippen molar-refractivity contribution in [1.82, 2.24) is 9.55 Å². The molecule has 0 unspecified atom stereocenters. The topological polar surface area (TPSA) is 64.0 Å². The van der Waals surface area contributed by atoms with Crippen LogP contribution in [-0.2, 0) is 11.2 Å². The lowest BCUT2D eigenvalue weighted by molar-refractivity contribution is -0.115. The van der Waals surface area contributed by atoms with Gasteiger partial charge in [0.05, 0.1) is 17.8 Å². The van der Waals surface area contributed by atoms with Gasteiger partial charge in [-0.3, -0.25) is 19.1 Å². The summed E-state index contributed by atoms with van der Waals surface area (Å²) in [6.07, 6.45) is 3.40. The fourth-order valence-corrected chi connectivity index (χ4v) is 3.43. The first-order chi connectivity index (χ1) is 14.4. The van der Waals surface area contributed by atoms with E-state index in [1.807, 2.05) is 13.0 Å². The summed E-state index contributed by atoms with van der Waals surface area (Å²) in [7, 11) is 0. The number of halogens is 1. The Bertz CT molecular complexity index is 1330. The molecule has 0 saturated carbocycles. The third-order valence-electron chi connectivity index (χ3n) is 5.06. The van der Waals surface area contributed by atoms with Crippen molar-refractivity contribution < 1.29 is 9.18 Å². The number of pyridine rings is 2. The fraction of sp³-hybridized carbons (Fsp3) is 0.125. The Morgan fingerprint density at radius 2 is 1.90 bits per heavy atom. The van der Waals surface area contributed by atoms with E-state index >= 15 is 0 Å². The van der Waals surface area contributed by atoms with E-state index in [1.165, 1.54) is 6.07 Å². The van der Waals surface area contributed by atoms with Crippen molar-refractivity contribution in [3.05, 3.63) is 100.0 Å². The van der Waals surface area contributed by atoms with Gasteiger partial charge in [0.2, 0.25) is 5.91 Å². The molecule has 0 fully saturated rings. The number of amides is 1. The van der Waals surface area contributed by atoms with E-state index in [0.29, 0.717) is 33.3 Å². The number of nitrogens with one attached hydrogen (secondary N) is 1. The van der Waals surface area contributed by atoms with Gasteiger partial charge in [0.1, 0.15) is 5.82 Å². The van der Waals surface area contributed by atoms with Crippen LogP contribution >= 0.6 is 0 Å². The average Bonchev–Trinajstić information content (AvgIpc) is 2.72. The highest BCUT2D eigenvalue weighted by Gasteiger charge is 2.12. The van der Waals surface area contributed by atoms with Crippen molar-refractivity contribution in [2.75, 3.05) is 5.32 Å². The number of rotatable bonds is 4. The molecule has 6 heteroatoms. The van der Waals surface area contributed by atoms with E-state index in [-0.39, 0.29) is 23.7 Å². The van der Waals surface area contributed by atoms with E-state index < -0.39 is 0 Å². The van der Waals surface area contributed by atoms with Crippen molar-refractivity contribution in [1.29, 1.82) is 0 Å². The molecule has 2 heterocycles. The van der Waals surface area contributed by atoms with Crippen molar-refractivity contribution in [2.24, 2.45) is 0 Å². The summed E-state index contributed by atoms with van der Waals surface area (Å²) in [6, 6.07) is 15.4. The van der Waals surface area contributed by atoms with Gasteiger partial charge < -0.3 is 5.32 Å². The summed E-state index contributed by atoms with van der Waals surface area (Å²) in [5.41, 5.74) is 2.92. The zero-order valence-corrected chi connectivity index (χ0v) is 16.6. The first-order valence-electron chi connectivity index (χ1n) is 9.55. The summed E-state index contributed by atoms with van der Waals surface area (Å²) in [5, 5.41) is 3.97. The van der Waals surface area contributed by atoms with E-state index in [0.717, 1.165) is 5.69 Å². The number of carbonyl (C=O) groups is 1. The molecule has 0 bridgehead atoms. The zero-order chi connectivity index (χ0) is 21.3. The number of fused-ring (bicyclic) bond motifs is 1. The first kappa shape index (κ1) is 19.5. The van der Waals surface area contributed by atoms with E-state index in [9.17, 15) is 14.0 Å². The Morgan fingerprint density at radius 1 is 1.07 bits per heavy atom. The number of hydrogen-bond donors (Lipinski definition) is 1. The minimum atomic E-state index is -0.336. The van der Waals surface area contributed by atoms with Crippen molar-refractivity contribution in [2.45, 2.75) is 20.3 Å². The van der Waals surface area contributed by atoms with E-state index in [4.69, 9.17) is 0 Å². The maximum absolute atomic E-state index is 13.7. The fourth-order valence-electron chi connectivity index (χ4n) is 3.43. The number of nitrogens with zero attached hydrogens (tertiary/aromatic N) is 2. The molecule has 0 aliphatic carbocycles. The molecule has 0 spiro atoms. The second-order valence-electron chi connectivity index (χ2n) is 7.17. The number of benzene rings is 2. The van der Waals surface area contributed by atoms with Crippen molar-refractivity contribution in [3.63, 3.8) is 0 Å². The quantitative estimate of drug-likeness (QED) is 0.554. The molecule has 150 valence electrons. The summed E-state index contributed by atoms with van der Waals surface area (Å²) in [5.74, 6) is -0.616. The van der Waals surface area contributed by atoms with Crippen LogP contribution in [0.1, 0.15) is 16.8 Å². The number of aromatic nitrogens is 2. The minimum Gasteiger partial charge on any atom is -0.325 e. The number of carbonyl (C=O) groups excluding carboxylic acids is 1. The second kappa shape index (κ2) is 7.91. The molecule has 4 rings (SSSR count). The van der Waals surface area contributed by atoms with Gasteiger partial charge in [-0.15, -0.1) is 0 Å². The molecule has 0 atom stereocenters. The summed E-state index contributed by atoms with van der Waals surface area (Å²) in [4.78, 5) is 29.8. The van der Waals surface area contributed by atoms with Crippen LogP contribution in [0.15, 0.2) is 71.8 Å². The number of hydrogen-bond acceptors (Lipinski definition) is 3. The molecule has 1 amide bonds. The molecular formula is C24H20FN3O2. The molecule has 0 aliphatic heterocycles. The minimum absolute atomic E-state index is 0.0412. The predicted octanol–water partition coefficient (Wildman–Crippen LogP) is 4.32. The molecule has 1 N–H and O–H groups in total. The van der Waals surface area contributed by atoms with Gasteiger partial charge >= 0.3 is 0 Å². The van der Waals surface area contributed by atoms with Gasteiger partial charge in [-0.1, -0.05) is 18.2 Å². The SMILES string of the molecule is Cc1ccc(CC(=O)Nc2cccc3c(=O)n(-c4cccnc4C)ccc23)cc1F. The lowest BCUT2D eigenvalue weighted by atomic mass is 10.1. The molecule has 0 aliphatic rings. The molecular weight excluding hydrogens is 381 g/mol. The largest absolute Gasteiger partial charge is 0.325 e. The van der Waals surface area contributed by atoms with Crippen molar-refractivity contribution >= 4 is 22.4 Å². The Labute approximate surface area is 172 Å². The molecule has 2 aromatic heterocycles. The lowest BCUT2D eigenvalue weighted by Gasteiger charge is -2.12. The summed E-state index contributed by atoms with van der Waals surface area (Å²) >= 11 is 0. The molecule has 0 radical (unpaired) electrons. The molecule has 4 aromatic rings. The Morgan fingerprint density at radius 3 is 2.67 bits per heavy atom. The maximum Gasteiger partial charge on any atom is 0.263 e.